The van der Waals surface area contributed by atoms with Crippen molar-refractivity contribution in [2.75, 3.05) is 5.73 Å². The van der Waals surface area contributed by atoms with Crippen LogP contribution in [0.3, 0.4) is 0 Å². The number of nitrogens with one attached hydrogen (secondary N) is 1. The number of fused-ring (bicyclic) bond motifs is 1. The lowest BCUT2D eigenvalue weighted by Gasteiger charge is -1.95. The Balaban J connectivity index is 2.88. The fraction of sp³-hybridized carbons (Fsp3) is 0. The first-order valence-corrected chi connectivity index (χ1v) is 3.44. The number of aromatic nitrogens is 3. The molecule has 0 saturated carbocycles. The van der Waals surface area contributed by atoms with Crippen LogP contribution in [0.4, 0.5) is 11.4 Å². The Morgan fingerprint density at radius 1 is 1.54 bits per heavy atom. The summed E-state index contributed by atoms with van der Waals surface area (Å²) in [6.07, 6.45) is 0. The number of H-pyrrole nitrogens is 1. The molecule has 0 bridgehead atoms. The highest BCUT2D eigenvalue weighted by atomic mass is 16.6. The van der Waals surface area contributed by atoms with Crippen molar-refractivity contribution in [3.63, 3.8) is 0 Å². The molecule has 0 saturated heterocycles. The van der Waals surface area contributed by atoms with Gasteiger partial charge in [0.15, 0.2) is 5.52 Å². The van der Waals surface area contributed by atoms with E-state index >= 15 is 0 Å². The molecular weight excluding hydrogens is 174 g/mol. The molecule has 1 heterocycles. The van der Waals surface area contributed by atoms with Crippen molar-refractivity contribution in [1.82, 2.24) is 15.4 Å². The van der Waals surface area contributed by atoms with Crippen molar-refractivity contribution in [3.05, 3.63) is 22.2 Å². The van der Waals surface area contributed by atoms with E-state index in [2.05, 4.69) is 15.4 Å². The molecule has 3 N–H and O–H groups in total. The van der Waals surface area contributed by atoms with E-state index in [1.54, 1.807) is 6.07 Å². The fourth-order valence-electron chi connectivity index (χ4n) is 1.11. The Morgan fingerprint density at radius 3 is 3.00 bits per heavy atom. The van der Waals surface area contributed by atoms with E-state index in [1.165, 1.54) is 6.07 Å². The van der Waals surface area contributed by atoms with Gasteiger partial charge in [-0.2, -0.15) is 0 Å². The molecule has 66 valence electrons. The Kier molecular flexibility index (Phi) is 1.38. The summed E-state index contributed by atoms with van der Waals surface area (Å²) in [5, 5.41) is 20.1. The van der Waals surface area contributed by atoms with Gasteiger partial charge in [-0.3, -0.25) is 15.2 Å². The van der Waals surface area contributed by atoms with Crippen LogP contribution in [0.2, 0.25) is 0 Å². The van der Waals surface area contributed by atoms with Gasteiger partial charge in [0.25, 0.3) is 0 Å². The lowest BCUT2D eigenvalue weighted by molar-refractivity contribution is -0.382. The number of nitrogens with zero attached hydrogens (tertiary/aromatic N) is 3. The predicted octanol–water partition coefficient (Wildman–Crippen LogP) is 0.448. The Labute approximate surface area is 71.7 Å². The number of nitrogen functional groups attached to an aromatic ring is 1. The van der Waals surface area contributed by atoms with E-state index < -0.39 is 4.92 Å². The number of rotatable bonds is 1. The normalized spacial score (nSPS) is 10.5. The van der Waals surface area contributed by atoms with E-state index in [-0.39, 0.29) is 16.9 Å². The van der Waals surface area contributed by atoms with Gasteiger partial charge in [-0.15, -0.1) is 5.10 Å². The summed E-state index contributed by atoms with van der Waals surface area (Å²) in [5.41, 5.74) is 6.00. The van der Waals surface area contributed by atoms with E-state index in [0.29, 0.717) is 5.52 Å². The molecule has 0 atom stereocenters. The molecule has 1 aromatic carbocycles. The molecule has 2 rings (SSSR count). The minimum absolute atomic E-state index is 0.0893. The zero-order chi connectivity index (χ0) is 9.42. The van der Waals surface area contributed by atoms with E-state index in [0.717, 1.165) is 0 Å². The van der Waals surface area contributed by atoms with Crippen LogP contribution in [0.15, 0.2) is 12.1 Å². The number of nitro groups is 1. The van der Waals surface area contributed by atoms with Crippen molar-refractivity contribution in [1.29, 1.82) is 0 Å². The molecule has 7 nitrogen and oxygen atoms in total. The lowest BCUT2D eigenvalue weighted by atomic mass is 10.2. The van der Waals surface area contributed by atoms with Gasteiger partial charge in [-0.1, -0.05) is 5.21 Å². The summed E-state index contributed by atoms with van der Waals surface area (Å²) in [5.74, 6) is 0. The average molecular weight is 179 g/mol. The number of anilines is 1. The molecule has 0 aliphatic carbocycles. The van der Waals surface area contributed by atoms with Gasteiger partial charge in [0.1, 0.15) is 5.69 Å². The largest absolute Gasteiger partial charge is 0.393 e. The highest BCUT2D eigenvalue weighted by molar-refractivity contribution is 5.89. The molecule has 0 aliphatic heterocycles. The third-order valence-corrected chi connectivity index (χ3v) is 1.69. The van der Waals surface area contributed by atoms with Crippen LogP contribution in [0.1, 0.15) is 0 Å². The zero-order valence-electron chi connectivity index (χ0n) is 6.39. The summed E-state index contributed by atoms with van der Waals surface area (Å²) in [6.45, 7) is 0. The molecule has 0 amide bonds. The van der Waals surface area contributed by atoms with Crippen LogP contribution >= 0.6 is 0 Å². The molecule has 1 aromatic heterocycles. The summed E-state index contributed by atoms with van der Waals surface area (Å²) >= 11 is 0. The van der Waals surface area contributed by atoms with Gasteiger partial charge >= 0.3 is 5.69 Å². The van der Waals surface area contributed by atoms with E-state index in [9.17, 15) is 10.1 Å². The number of hydrogen-bond donors (Lipinski definition) is 2. The maximum atomic E-state index is 10.6. The van der Waals surface area contributed by atoms with Gasteiger partial charge < -0.3 is 5.73 Å². The molecule has 0 spiro atoms. The number of hydrogen-bond acceptors (Lipinski definition) is 5. The standard InChI is InChI=1S/C6H5N5O2/c7-3-1-2-4-5(9-10-8-4)6(3)11(12)13/h1-2H,7H2,(H,8,9,10). The smallest absolute Gasteiger partial charge is 0.321 e. The van der Waals surface area contributed by atoms with Crippen molar-refractivity contribution in [3.8, 4) is 0 Å². The Morgan fingerprint density at radius 2 is 2.31 bits per heavy atom. The minimum Gasteiger partial charge on any atom is -0.393 e. The van der Waals surface area contributed by atoms with Crippen molar-refractivity contribution >= 4 is 22.4 Å². The number of benzene rings is 1. The zero-order valence-corrected chi connectivity index (χ0v) is 6.39. The van der Waals surface area contributed by atoms with E-state index in [4.69, 9.17) is 5.73 Å². The van der Waals surface area contributed by atoms with Crippen LogP contribution in [-0.2, 0) is 0 Å². The monoisotopic (exact) mass is 179 g/mol. The third-order valence-electron chi connectivity index (χ3n) is 1.69. The Hall–Kier alpha value is -2.18. The molecule has 13 heavy (non-hydrogen) atoms. The molecule has 0 radical (unpaired) electrons. The first-order valence-electron chi connectivity index (χ1n) is 3.44. The highest BCUT2D eigenvalue weighted by Crippen LogP contribution is 2.28. The molecule has 0 unspecified atom stereocenters. The summed E-state index contributed by atoms with van der Waals surface area (Å²) in [6, 6.07) is 3.04. The average Bonchev–Trinajstić information content (AvgIpc) is 2.50. The summed E-state index contributed by atoms with van der Waals surface area (Å²) in [4.78, 5) is 10.0. The fourth-order valence-corrected chi connectivity index (χ4v) is 1.11. The summed E-state index contributed by atoms with van der Waals surface area (Å²) in [7, 11) is 0. The van der Waals surface area contributed by atoms with Gasteiger partial charge in [-0.25, -0.2) is 0 Å². The first kappa shape index (κ1) is 7.47. The van der Waals surface area contributed by atoms with E-state index in [1.807, 2.05) is 0 Å². The van der Waals surface area contributed by atoms with Crippen LogP contribution < -0.4 is 5.73 Å². The van der Waals surface area contributed by atoms with Gasteiger partial charge in [0.2, 0.25) is 0 Å². The van der Waals surface area contributed by atoms with Crippen molar-refractivity contribution < 1.29 is 4.92 Å². The topological polar surface area (TPSA) is 111 Å². The van der Waals surface area contributed by atoms with Crippen LogP contribution in [-0.4, -0.2) is 20.3 Å². The second-order valence-electron chi connectivity index (χ2n) is 2.47. The van der Waals surface area contributed by atoms with Crippen LogP contribution in [0.5, 0.6) is 0 Å². The predicted molar refractivity (Wildman–Crippen MR) is 45.0 cm³/mol. The maximum absolute atomic E-state index is 10.6. The van der Waals surface area contributed by atoms with Gasteiger partial charge in [0.05, 0.1) is 10.4 Å². The van der Waals surface area contributed by atoms with Crippen LogP contribution in [0, 0.1) is 10.1 Å². The third kappa shape index (κ3) is 0.975. The Bertz CT molecular complexity index is 477. The van der Waals surface area contributed by atoms with Gasteiger partial charge in [-0.05, 0) is 12.1 Å². The second-order valence-corrected chi connectivity index (χ2v) is 2.47. The van der Waals surface area contributed by atoms with Crippen LogP contribution in [0.25, 0.3) is 11.0 Å². The molecule has 2 aromatic rings. The minimum atomic E-state index is -0.569. The quantitative estimate of drug-likeness (QED) is 0.375. The van der Waals surface area contributed by atoms with Gasteiger partial charge in [0, 0.05) is 0 Å². The van der Waals surface area contributed by atoms with Crippen molar-refractivity contribution in [2.45, 2.75) is 0 Å². The van der Waals surface area contributed by atoms with Crippen molar-refractivity contribution in [2.24, 2.45) is 0 Å². The number of nitro benzene ring substituents is 1. The highest BCUT2D eigenvalue weighted by Gasteiger charge is 2.18. The number of aromatic amines is 1. The summed E-state index contributed by atoms with van der Waals surface area (Å²) < 4.78 is 0. The SMILES string of the molecule is Nc1ccc2[nH]nnc2c1[N+](=O)[O-]. The lowest BCUT2D eigenvalue weighted by Crippen LogP contribution is -1.96. The molecule has 0 aliphatic rings. The molecule has 7 heteroatoms. The first-order chi connectivity index (χ1) is 6.20. The number of nitrogens with two attached hydrogens (primary N) is 1. The second kappa shape index (κ2) is 2.41. The molecule has 0 fully saturated rings. The maximum Gasteiger partial charge on any atom is 0.321 e. The molecular formula is C6H5N5O2.